The van der Waals surface area contributed by atoms with Crippen LogP contribution in [0.25, 0.3) is 16.9 Å². The van der Waals surface area contributed by atoms with Crippen LogP contribution < -0.4 is 5.32 Å². The van der Waals surface area contributed by atoms with Gasteiger partial charge in [0.05, 0.1) is 17.6 Å². The summed E-state index contributed by atoms with van der Waals surface area (Å²) in [4.78, 5) is 0. The molecule has 104 valence electrons. The van der Waals surface area contributed by atoms with E-state index in [4.69, 9.17) is 0 Å². The highest BCUT2D eigenvalue weighted by molar-refractivity contribution is 5.67. The molecule has 4 nitrogen and oxygen atoms in total. The van der Waals surface area contributed by atoms with Crippen molar-refractivity contribution in [3.05, 3.63) is 60.3 Å². The summed E-state index contributed by atoms with van der Waals surface area (Å²) in [7, 11) is 0. The Kier molecular flexibility index (Phi) is 2.92. The Morgan fingerprint density at radius 3 is 2.86 bits per heavy atom. The van der Waals surface area contributed by atoms with E-state index in [2.05, 4.69) is 33.8 Å². The number of nitrogens with zero attached hydrogens (tertiary/aromatic N) is 3. The number of anilines is 1. The van der Waals surface area contributed by atoms with E-state index in [0.29, 0.717) is 0 Å². The Morgan fingerprint density at radius 2 is 1.95 bits per heavy atom. The fraction of sp³-hybridized carbons (Fsp3) is 0.176. The monoisotopic (exact) mass is 276 g/mol. The van der Waals surface area contributed by atoms with E-state index in [0.717, 1.165) is 29.9 Å². The van der Waals surface area contributed by atoms with Crippen LogP contribution in [0.2, 0.25) is 0 Å². The zero-order valence-electron chi connectivity index (χ0n) is 11.7. The Labute approximate surface area is 123 Å². The van der Waals surface area contributed by atoms with Gasteiger partial charge in [-0.2, -0.15) is 0 Å². The highest BCUT2D eigenvalue weighted by atomic mass is 15.4. The molecule has 1 aliphatic heterocycles. The van der Waals surface area contributed by atoms with Crippen molar-refractivity contribution in [1.29, 1.82) is 0 Å². The third kappa shape index (κ3) is 2.18. The molecular weight excluding hydrogens is 260 g/mol. The van der Waals surface area contributed by atoms with Crippen molar-refractivity contribution < 1.29 is 0 Å². The minimum absolute atomic E-state index is 1.02. The van der Waals surface area contributed by atoms with Crippen molar-refractivity contribution in [2.45, 2.75) is 12.8 Å². The Morgan fingerprint density at radius 1 is 1.05 bits per heavy atom. The lowest BCUT2D eigenvalue weighted by atomic mass is 10.00. The molecule has 4 rings (SSSR count). The van der Waals surface area contributed by atoms with Gasteiger partial charge in [-0.15, -0.1) is 5.10 Å². The van der Waals surface area contributed by atoms with Gasteiger partial charge in [0.25, 0.3) is 0 Å². The fourth-order valence-corrected chi connectivity index (χ4v) is 2.83. The van der Waals surface area contributed by atoms with Gasteiger partial charge in [-0.25, -0.2) is 4.68 Å². The standard InChI is InChI=1S/C17H16N4/c1-2-6-15(7-3-1)21-17(12-19-20-21)14-8-9-16-13(11-14)5-4-10-18-16/h1-3,6-9,11-12,18H,4-5,10H2. The first-order valence-corrected chi connectivity index (χ1v) is 7.25. The normalized spacial score (nSPS) is 13.5. The van der Waals surface area contributed by atoms with Crippen LogP contribution in [0, 0.1) is 0 Å². The van der Waals surface area contributed by atoms with Gasteiger partial charge in [-0.05, 0) is 42.7 Å². The van der Waals surface area contributed by atoms with Gasteiger partial charge in [-0.3, -0.25) is 0 Å². The SMILES string of the molecule is c1ccc(-n2nncc2-c2ccc3c(c2)CCCN3)cc1. The summed E-state index contributed by atoms with van der Waals surface area (Å²) >= 11 is 0. The predicted octanol–water partition coefficient (Wildman–Crippen LogP) is 3.29. The average molecular weight is 276 g/mol. The van der Waals surface area contributed by atoms with Gasteiger partial charge >= 0.3 is 0 Å². The summed E-state index contributed by atoms with van der Waals surface area (Å²) in [6.45, 7) is 1.07. The van der Waals surface area contributed by atoms with Gasteiger partial charge in [-0.1, -0.05) is 29.5 Å². The molecule has 0 radical (unpaired) electrons. The fourth-order valence-electron chi connectivity index (χ4n) is 2.83. The maximum atomic E-state index is 4.23. The topological polar surface area (TPSA) is 42.7 Å². The summed E-state index contributed by atoms with van der Waals surface area (Å²) in [5.74, 6) is 0. The number of rotatable bonds is 2. The average Bonchev–Trinajstić information content (AvgIpc) is 3.05. The lowest BCUT2D eigenvalue weighted by Crippen LogP contribution is -2.11. The summed E-state index contributed by atoms with van der Waals surface area (Å²) in [5.41, 5.74) is 5.84. The molecule has 1 aliphatic rings. The molecule has 21 heavy (non-hydrogen) atoms. The van der Waals surface area contributed by atoms with E-state index in [1.165, 1.54) is 17.7 Å². The van der Waals surface area contributed by atoms with Gasteiger partial charge in [0.15, 0.2) is 0 Å². The molecular formula is C17H16N4. The maximum Gasteiger partial charge on any atom is 0.0944 e. The summed E-state index contributed by atoms with van der Waals surface area (Å²) in [6, 6.07) is 16.6. The molecule has 1 aromatic heterocycles. The van der Waals surface area contributed by atoms with E-state index < -0.39 is 0 Å². The molecule has 3 aromatic rings. The molecule has 0 amide bonds. The van der Waals surface area contributed by atoms with Crippen molar-refractivity contribution in [2.75, 3.05) is 11.9 Å². The quantitative estimate of drug-likeness (QED) is 0.781. The van der Waals surface area contributed by atoms with Crippen LogP contribution in [0.3, 0.4) is 0 Å². The first-order chi connectivity index (χ1) is 10.4. The molecule has 0 saturated heterocycles. The van der Waals surface area contributed by atoms with E-state index in [9.17, 15) is 0 Å². The Hall–Kier alpha value is -2.62. The minimum Gasteiger partial charge on any atom is -0.385 e. The Balaban J connectivity index is 1.80. The number of para-hydroxylation sites is 1. The molecule has 0 atom stereocenters. The molecule has 0 fully saturated rings. The van der Waals surface area contributed by atoms with Crippen LogP contribution in [-0.4, -0.2) is 21.5 Å². The van der Waals surface area contributed by atoms with Crippen LogP contribution >= 0.6 is 0 Å². The molecule has 0 bridgehead atoms. The number of fused-ring (bicyclic) bond motifs is 1. The van der Waals surface area contributed by atoms with Gasteiger partial charge in [0, 0.05) is 17.8 Å². The lowest BCUT2D eigenvalue weighted by molar-refractivity contribution is 0.806. The number of nitrogens with one attached hydrogen (secondary N) is 1. The number of aromatic nitrogens is 3. The molecule has 2 heterocycles. The van der Waals surface area contributed by atoms with E-state index in [-0.39, 0.29) is 0 Å². The van der Waals surface area contributed by atoms with Crippen LogP contribution in [-0.2, 0) is 6.42 Å². The third-order valence-corrected chi connectivity index (χ3v) is 3.89. The van der Waals surface area contributed by atoms with Gasteiger partial charge in [0.2, 0.25) is 0 Å². The molecule has 4 heteroatoms. The van der Waals surface area contributed by atoms with Gasteiger partial charge in [0.1, 0.15) is 0 Å². The van der Waals surface area contributed by atoms with E-state index in [1.807, 2.05) is 41.2 Å². The number of hydrogen-bond donors (Lipinski definition) is 1. The van der Waals surface area contributed by atoms with Crippen molar-refractivity contribution >= 4 is 5.69 Å². The van der Waals surface area contributed by atoms with E-state index >= 15 is 0 Å². The van der Waals surface area contributed by atoms with Crippen LogP contribution in [0.15, 0.2) is 54.7 Å². The maximum absolute atomic E-state index is 4.23. The molecule has 0 saturated carbocycles. The highest BCUT2D eigenvalue weighted by Gasteiger charge is 2.13. The number of benzene rings is 2. The summed E-state index contributed by atoms with van der Waals surface area (Å²) in [6.07, 6.45) is 4.14. The number of aryl methyl sites for hydroxylation is 1. The summed E-state index contributed by atoms with van der Waals surface area (Å²) in [5, 5.41) is 11.8. The van der Waals surface area contributed by atoms with Crippen molar-refractivity contribution in [3.63, 3.8) is 0 Å². The molecule has 0 spiro atoms. The van der Waals surface area contributed by atoms with E-state index in [1.54, 1.807) is 0 Å². The second-order valence-electron chi connectivity index (χ2n) is 5.27. The van der Waals surface area contributed by atoms with Crippen molar-refractivity contribution in [3.8, 4) is 16.9 Å². The zero-order chi connectivity index (χ0) is 14.1. The third-order valence-electron chi connectivity index (χ3n) is 3.89. The second-order valence-corrected chi connectivity index (χ2v) is 5.27. The lowest BCUT2D eigenvalue weighted by Gasteiger charge is -2.18. The predicted molar refractivity (Wildman–Crippen MR) is 83.6 cm³/mol. The first kappa shape index (κ1) is 12.1. The smallest absolute Gasteiger partial charge is 0.0944 e. The van der Waals surface area contributed by atoms with Crippen LogP contribution in [0.1, 0.15) is 12.0 Å². The largest absolute Gasteiger partial charge is 0.385 e. The summed E-state index contributed by atoms with van der Waals surface area (Å²) < 4.78 is 1.89. The molecule has 2 aromatic carbocycles. The second kappa shape index (κ2) is 5.05. The van der Waals surface area contributed by atoms with Crippen LogP contribution in [0.4, 0.5) is 5.69 Å². The number of hydrogen-bond acceptors (Lipinski definition) is 3. The molecule has 0 aliphatic carbocycles. The zero-order valence-corrected chi connectivity index (χ0v) is 11.7. The highest BCUT2D eigenvalue weighted by Crippen LogP contribution is 2.28. The molecule has 0 unspecified atom stereocenters. The first-order valence-electron chi connectivity index (χ1n) is 7.25. The van der Waals surface area contributed by atoms with Gasteiger partial charge < -0.3 is 5.32 Å². The van der Waals surface area contributed by atoms with Crippen molar-refractivity contribution in [2.24, 2.45) is 0 Å². The van der Waals surface area contributed by atoms with Crippen molar-refractivity contribution in [1.82, 2.24) is 15.0 Å². The molecule has 1 N–H and O–H groups in total. The minimum atomic E-state index is 1.02. The Bertz CT molecular complexity index is 761. The van der Waals surface area contributed by atoms with Crippen LogP contribution in [0.5, 0.6) is 0 Å².